The SMILES string of the molecule is NCc1cn(CC(=O)N2CCN3C(=O)NCC3C2)nn1. The van der Waals surface area contributed by atoms with Crippen LogP contribution in [-0.4, -0.2) is 69.0 Å². The van der Waals surface area contributed by atoms with E-state index in [1.54, 1.807) is 16.0 Å². The minimum atomic E-state index is -0.0361. The molecule has 3 heterocycles. The van der Waals surface area contributed by atoms with Crippen molar-refractivity contribution >= 4 is 11.9 Å². The number of nitrogens with zero attached hydrogens (tertiary/aromatic N) is 5. The number of rotatable bonds is 3. The zero-order chi connectivity index (χ0) is 14.1. The van der Waals surface area contributed by atoms with Crippen molar-refractivity contribution in [1.82, 2.24) is 30.1 Å². The topological polar surface area (TPSA) is 109 Å². The average Bonchev–Trinajstić information content (AvgIpc) is 3.05. The van der Waals surface area contributed by atoms with Crippen molar-refractivity contribution in [2.24, 2.45) is 5.73 Å². The number of nitrogens with two attached hydrogens (primary N) is 1. The molecule has 2 aliphatic rings. The van der Waals surface area contributed by atoms with E-state index in [0.717, 1.165) is 0 Å². The van der Waals surface area contributed by atoms with E-state index >= 15 is 0 Å². The first-order valence-electron chi connectivity index (χ1n) is 6.58. The Morgan fingerprint density at radius 2 is 2.35 bits per heavy atom. The number of aromatic nitrogens is 3. The molecule has 3 N–H and O–H groups in total. The Morgan fingerprint density at radius 3 is 3.10 bits per heavy atom. The van der Waals surface area contributed by atoms with E-state index in [1.165, 1.54) is 4.68 Å². The molecule has 0 aromatic carbocycles. The smallest absolute Gasteiger partial charge is 0.317 e. The lowest BCUT2D eigenvalue weighted by atomic mass is 10.2. The van der Waals surface area contributed by atoms with Crippen LogP contribution in [0.2, 0.25) is 0 Å². The quantitative estimate of drug-likeness (QED) is 0.663. The van der Waals surface area contributed by atoms with Crippen LogP contribution in [0.4, 0.5) is 4.79 Å². The van der Waals surface area contributed by atoms with Gasteiger partial charge in [0.1, 0.15) is 6.54 Å². The molecule has 2 saturated heterocycles. The molecule has 1 aromatic heterocycles. The predicted octanol–water partition coefficient (Wildman–Crippen LogP) is -2.03. The fraction of sp³-hybridized carbons (Fsp3) is 0.636. The Hall–Kier alpha value is -2.16. The Bertz CT molecular complexity index is 529. The molecule has 0 spiro atoms. The Labute approximate surface area is 115 Å². The van der Waals surface area contributed by atoms with Gasteiger partial charge < -0.3 is 20.9 Å². The second kappa shape index (κ2) is 5.08. The number of hydrogen-bond acceptors (Lipinski definition) is 5. The van der Waals surface area contributed by atoms with Gasteiger partial charge in [0.05, 0.1) is 17.9 Å². The van der Waals surface area contributed by atoms with E-state index in [4.69, 9.17) is 5.73 Å². The third kappa shape index (κ3) is 2.31. The number of carbonyl (C=O) groups is 2. The number of piperazine rings is 1. The van der Waals surface area contributed by atoms with Crippen LogP contribution in [0.3, 0.4) is 0 Å². The molecular weight excluding hydrogens is 262 g/mol. The molecule has 3 amide bonds. The van der Waals surface area contributed by atoms with Gasteiger partial charge >= 0.3 is 6.03 Å². The summed E-state index contributed by atoms with van der Waals surface area (Å²) in [5.41, 5.74) is 6.11. The van der Waals surface area contributed by atoms with Gasteiger partial charge in [-0.1, -0.05) is 5.21 Å². The van der Waals surface area contributed by atoms with Crippen LogP contribution >= 0.6 is 0 Å². The minimum Gasteiger partial charge on any atom is -0.337 e. The maximum absolute atomic E-state index is 12.2. The van der Waals surface area contributed by atoms with Gasteiger partial charge in [-0.3, -0.25) is 4.79 Å². The van der Waals surface area contributed by atoms with Gasteiger partial charge in [-0.25, -0.2) is 9.48 Å². The Morgan fingerprint density at radius 1 is 1.50 bits per heavy atom. The van der Waals surface area contributed by atoms with Crippen molar-refractivity contribution in [3.8, 4) is 0 Å². The molecule has 1 aromatic rings. The van der Waals surface area contributed by atoms with Crippen LogP contribution in [-0.2, 0) is 17.9 Å². The molecule has 1 atom stereocenters. The normalized spacial score (nSPS) is 21.9. The first-order valence-corrected chi connectivity index (χ1v) is 6.58. The van der Waals surface area contributed by atoms with Crippen LogP contribution in [0, 0.1) is 0 Å². The molecule has 0 aliphatic carbocycles. The lowest BCUT2D eigenvalue weighted by Crippen LogP contribution is -2.54. The summed E-state index contributed by atoms with van der Waals surface area (Å²) >= 11 is 0. The van der Waals surface area contributed by atoms with E-state index in [9.17, 15) is 9.59 Å². The number of amides is 3. The van der Waals surface area contributed by atoms with Crippen LogP contribution < -0.4 is 11.1 Å². The molecule has 0 bridgehead atoms. The first-order chi connectivity index (χ1) is 9.67. The van der Waals surface area contributed by atoms with Crippen molar-refractivity contribution in [2.75, 3.05) is 26.2 Å². The minimum absolute atomic E-state index is 0.0162. The summed E-state index contributed by atoms with van der Waals surface area (Å²) < 4.78 is 1.49. The Balaban J connectivity index is 1.59. The molecule has 0 saturated carbocycles. The summed E-state index contributed by atoms with van der Waals surface area (Å²) in [5, 5.41) is 10.5. The lowest BCUT2D eigenvalue weighted by molar-refractivity contribution is -0.134. The highest BCUT2D eigenvalue weighted by atomic mass is 16.2. The maximum Gasteiger partial charge on any atom is 0.317 e. The highest BCUT2D eigenvalue weighted by molar-refractivity contribution is 5.79. The third-order valence-corrected chi connectivity index (χ3v) is 3.68. The fourth-order valence-electron chi connectivity index (χ4n) is 2.58. The monoisotopic (exact) mass is 279 g/mol. The maximum atomic E-state index is 12.2. The Kier molecular flexibility index (Phi) is 3.26. The van der Waals surface area contributed by atoms with E-state index in [2.05, 4.69) is 15.6 Å². The number of urea groups is 1. The van der Waals surface area contributed by atoms with Crippen molar-refractivity contribution in [3.63, 3.8) is 0 Å². The predicted molar refractivity (Wildman–Crippen MR) is 68.4 cm³/mol. The molecule has 9 nitrogen and oxygen atoms in total. The van der Waals surface area contributed by atoms with E-state index in [0.29, 0.717) is 38.4 Å². The first kappa shape index (κ1) is 12.9. The highest BCUT2D eigenvalue weighted by Gasteiger charge is 2.36. The van der Waals surface area contributed by atoms with Crippen molar-refractivity contribution in [1.29, 1.82) is 0 Å². The van der Waals surface area contributed by atoms with Crippen LogP contribution in [0.1, 0.15) is 5.69 Å². The second-order valence-corrected chi connectivity index (χ2v) is 4.98. The van der Waals surface area contributed by atoms with Crippen molar-refractivity contribution in [3.05, 3.63) is 11.9 Å². The molecular formula is C11H17N7O2. The fourth-order valence-corrected chi connectivity index (χ4v) is 2.58. The summed E-state index contributed by atoms with van der Waals surface area (Å²) in [6.07, 6.45) is 1.68. The van der Waals surface area contributed by atoms with E-state index in [-0.39, 0.29) is 24.5 Å². The number of fused-ring (bicyclic) bond motifs is 1. The average molecular weight is 279 g/mol. The van der Waals surface area contributed by atoms with Gasteiger partial charge in [0, 0.05) is 32.7 Å². The molecule has 3 rings (SSSR count). The number of nitrogens with one attached hydrogen (secondary N) is 1. The van der Waals surface area contributed by atoms with Gasteiger partial charge in [-0.05, 0) is 0 Å². The molecule has 20 heavy (non-hydrogen) atoms. The van der Waals surface area contributed by atoms with Gasteiger partial charge in [0.25, 0.3) is 0 Å². The number of carbonyl (C=O) groups excluding carboxylic acids is 2. The van der Waals surface area contributed by atoms with Gasteiger partial charge in [0.15, 0.2) is 0 Å². The molecule has 108 valence electrons. The van der Waals surface area contributed by atoms with Crippen LogP contribution in [0.5, 0.6) is 0 Å². The molecule has 9 heteroatoms. The lowest BCUT2D eigenvalue weighted by Gasteiger charge is -2.36. The van der Waals surface area contributed by atoms with Gasteiger partial charge in [0.2, 0.25) is 5.91 Å². The number of hydrogen-bond donors (Lipinski definition) is 2. The van der Waals surface area contributed by atoms with Gasteiger partial charge in [-0.2, -0.15) is 0 Å². The summed E-state index contributed by atoms with van der Waals surface area (Å²) in [5.74, 6) is -0.0162. The molecule has 1 unspecified atom stereocenters. The highest BCUT2D eigenvalue weighted by Crippen LogP contribution is 2.14. The summed E-state index contributed by atoms with van der Waals surface area (Å²) in [6, 6.07) is 0.0431. The molecule has 0 radical (unpaired) electrons. The zero-order valence-corrected chi connectivity index (χ0v) is 11.0. The summed E-state index contributed by atoms with van der Waals surface area (Å²) in [7, 11) is 0. The van der Waals surface area contributed by atoms with Crippen LogP contribution in [0.15, 0.2) is 6.20 Å². The summed E-state index contributed by atoms with van der Waals surface area (Å²) in [4.78, 5) is 27.3. The standard InChI is InChI=1S/C11H17N7O2/c12-3-8-5-17(15-14-8)7-10(19)16-1-2-18-9(6-16)4-13-11(18)20/h5,9H,1-4,6-7,12H2,(H,13,20). The van der Waals surface area contributed by atoms with Crippen molar-refractivity contribution < 1.29 is 9.59 Å². The second-order valence-electron chi connectivity index (χ2n) is 4.98. The van der Waals surface area contributed by atoms with E-state index < -0.39 is 0 Å². The third-order valence-electron chi connectivity index (χ3n) is 3.68. The largest absolute Gasteiger partial charge is 0.337 e. The van der Waals surface area contributed by atoms with Crippen molar-refractivity contribution in [2.45, 2.75) is 19.1 Å². The zero-order valence-electron chi connectivity index (χ0n) is 11.0. The summed E-state index contributed by atoms with van der Waals surface area (Å²) in [6.45, 7) is 2.76. The van der Waals surface area contributed by atoms with E-state index in [1.807, 2.05) is 0 Å². The van der Waals surface area contributed by atoms with Gasteiger partial charge in [-0.15, -0.1) is 5.10 Å². The van der Waals surface area contributed by atoms with Crippen LogP contribution in [0.25, 0.3) is 0 Å². The molecule has 2 fully saturated rings. The molecule has 2 aliphatic heterocycles.